The largest absolute Gasteiger partial charge is 0.482 e. The summed E-state index contributed by atoms with van der Waals surface area (Å²) in [6, 6.07) is 8.28. The van der Waals surface area contributed by atoms with E-state index in [0.29, 0.717) is 5.69 Å². The molecule has 0 bridgehead atoms. The Bertz CT molecular complexity index is 1130. The number of carbonyl (C=O) groups is 2. The molecule has 1 saturated heterocycles. The molecule has 0 aliphatic carbocycles. The number of sulfonamides is 1. The summed E-state index contributed by atoms with van der Waals surface area (Å²) >= 11 is 6.17. The molecular weight excluding hydrogens is 437 g/mol. The number of amides is 2. The molecule has 0 atom stereocenters. The number of nitrogens with zero attached hydrogens (tertiary/aromatic N) is 2. The van der Waals surface area contributed by atoms with Gasteiger partial charge in [0, 0.05) is 32.2 Å². The number of fused-ring (bicyclic) bond motifs is 1. The minimum absolute atomic E-state index is 0.0353. The molecule has 0 unspecified atom stereocenters. The van der Waals surface area contributed by atoms with E-state index in [1.54, 1.807) is 6.07 Å². The first kappa shape index (κ1) is 20.6. The summed E-state index contributed by atoms with van der Waals surface area (Å²) < 4.78 is 46.6. The third-order valence-electron chi connectivity index (χ3n) is 4.91. The molecule has 158 valence electrons. The van der Waals surface area contributed by atoms with E-state index >= 15 is 0 Å². The van der Waals surface area contributed by atoms with Crippen molar-refractivity contribution in [3.05, 3.63) is 52.8 Å². The second-order valence-corrected chi connectivity index (χ2v) is 9.11. The highest BCUT2D eigenvalue weighted by atomic mass is 35.5. The monoisotopic (exact) mass is 453 g/mol. The summed E-state index contributed by atoms with van der Waals surface area (Å²) in [5.74, 6) is -1.25. The second kappa shape index (κ2) is 7.86. The Labute approximate surface area is 177 Å². The van der Waals surface area contributed by atoms with Gasteiger partial charge in [-0.15, -0.1) is 0 Å². The van der Waals surface area contributed by atoms with Crippen LogP contribution >= 0.6 is 11.6 Å². The molecule has 2 heterocycles. The van der Waals surface area contributed by atoms with Crippen LogP contribution in [0.2, 0.25) is 5.02 Å². The van der Waals surface area contributed by atoms with Gasteiger partial charge in [-0.25, -0.2) is 12.8 Å². The lowest BCUT2D eigenvalue weighted by Crippen LogP contribution is -2.50. The number of rotatable bonds is 3. The molecule has 2 aromatic carbocycles. The van der Waals surface area contributed by atoms with Gasteiger partial charge in [-0.05, 0) is 18.2 Å². The maximum absolute atomic E-state index is 13.9. The van der Waals surface area contributed by atoms with Crippen molar-refractivity contribution >= 4 is 39.1 Å². The van der Waals surface area contributed by atoms with E-state index in [1.807, 2.05) is 0 Å². The Morgan fingerprint density at radius 1 is 1.13 bits per heavy atom. The lowest BCUT2D eigenvalue weighted by Gasteiger charge is -2.34. The van der Waals surface area contributed by atoms with Crippen molar-refractivity contribution in [1.29, 1.82) is 0 Å². The van der Waals surface area contributed by atoms with Crippen molar-refractivity contribution in [3.63, 3.8) is 0 Å². The maximum Gasteiger partial charge on any atom is 0.262 e. The summed E-state index contributed by atoms with van der Waals surface area (Å²) in [6.07, 6.45) is 0. The number of ether oxygens (including phenoxy) is 1. The molecule has 0 radical (unpaired) electrons. The van der Waals surface area contributed by atoms with Crippen LogP contribution in [0.5, 0.6) is 5.75 Å². The van der Waals surface area contributed by atoms with Gasteiger partial charge in [-0.3, -0.25) is 9.59 Å². The normalized spacial score (nSPS) is 17.1. The van der Waals surface area contributed by atoms with Crippen LogP contribution in [-0.4, -0.2) is 62.2 Å². The summed E-state index contributed by atoms with van der Waals surface area (Å²) in [7, 11) is -3.96. The van der Waals surface area contributed by atoms with Gasteiger partial charge in [-0.2, -0.15) is 4.31 Å². The summed E-state index contributed by atoms with van der Waals surface area (Å²) in [4.78, 5) is 25.2. The number of piperazine rings is 1. The first-order valence-electron chi connectivity index (χ1n) is 9.07. The number of hydrogen-bond donors (Lipinski definition) is 1. The lowest BCUT2D eigenvalue weighted by atomic mass is 10.1. The first-order valence-corrected chi connectivity index (χ1v) is 10.9. The van der Waals surface area contributed by atoms with E-state index in [1.165, 1.54) is 39.5 Å². The van der Waals surface area contributed by atoms with Gasteiger partial charge in [-0.1, -0.05) is 23.7 Å². The van der Waals surface area contributed by atoms with Crippen LogP contribution in [0.15, 0.2) is 41.3 Å². The Morgan fingerprint density at radius 2 is 1.83 bits per heavy atom. The molecule has 0 saturated carbocycles. The van der Waals surface area contributed by atoms with E-state index in [4.69, 9.17) is 16.3 Å². The zero-order valence-corrected chi connectivity index (χ0v) is 17.2. The van der Waals surface area contributed by atoms with Crippen LogP contribution in [0.3, 0.4) is 0 Å². The third-order valence-corrected chi connectivity index (χ3v) is 7.28. The lowest BCUT2D eigenvalue weighted by molar-refractivity contribution is -0.118. The molecule has 0 aromatic heterocycles. The van der Waals surface area contributed by atoms with Crippen molar-refractivity contribution in [3.8, 4) is 5.75 Å². The van der Waals surface area contributed by atoms with Gasteiger partial charge in [0.25, 0.3) is 11.8 Å². The van der Waals surface area contributed by atoms with Crippen LogP contribution in [0.25, 0.3) is 0 Å². The zero-order valence-electron chi connectivity index (χ0n) is 15.6. The summed E-state index contributed by atoms with van der Waals surface area (Å²) in [5.41, 5.74) is 0.251. The Morgan fingerprint density at radius 3 is 2.53 bits per heavy atom. The number of anilines is 1. The molecule has 0 spiro atoms. The molecule has 30 heavy (non-hydrogen) atoms. The van der Waals surface area contributed by atoms with Gasteiger partial charge >= 0.3 is 0 Å². The zero-order chi connectivity index (χ0) is 21.5. The fourth-order valence-corrected chi connectivity index (χ4v) is 5.29. The minimum Gasteiger partial charge on any atom is -0.482 e. The average Bonchev–Trinajstić information content (AvgIpc) is 2.73. The second-order valence-electron chi connectivity index (χ2n) is 6.79. The van der Waals surface area contributed by atoms with Crippen molar-refractivity contribution in [1.82, 2.24) is 9.21 Å². The highest BCUT2D eigenvalue weighted by molar-refractivity contribution is 7.89. The molecule has 11 heteroatoms. The highest BCUT2D eigenvalue weighted by Gasteiger charge is 2.33. The molecule has 2 aliphatic heterocycles. The summed E-state index contributed by atoms with van der Waals surface area (Å²) in [5, 5.41) is 2.51. The Kier molecular flexibility index (Phi) is 5.39. The number of carbonyl (C=O) groups excluding carboxylic acids is 2. The molecule has 4 rings (SSSR count). The predicted molar refractivity (Wildman–Crippen MR) is 107 cm³/mol. The van der Waals surface area contributed by atoms with Gasteiger partial charge < -0.3 is 15.0 Å². The molecule has 2 amide bonds. The fourth-order valence-electron chi connectivity index (χ4n) is 3.35. The predicted octanol–water partition coefficient (Wildman–Crippen LogP) is 1.96. The van der Waals surface area contributed by atoms with E-state index in [-0.39, 0.29) is 59.9 Å². The first-order chi connectivity index (χ1) is 14.3. The van der Waals surface area contributed by atoms with Gasteiger partial charge in [0.15, 0.2) is 6.61 Å². The quantitative estimate of drug-likeness (QED) is 0.766. The Balaban J connectivity index is 1.51. The van der Waals surface area contributed by atoms with Crippen molar-refractivity contribution in [2.24, 2.45) is 0 Å². The number of benzene rings is 2. The molecule has 1 fully saturated rings. The molecular formula is C19H17ClFN3O5S. The average molecular weight is 454 g/mol. The van der Waals surface area contributed by atoms with Crippen molar-refractivity contribution < 1.29 is 27.1 Å². The van der Waals surface area contributed by atoms with E-state index in [0.717, 1.165) is 0 Å². The maximum atomic E-state index is 13.9. The summed E-state index contributed by atoms with van der Waals surface area (Å²) in [6.45, 7) is 0.0784. The molecule has 2 aliphatic rings. The topological polar surface area (TPSA) is 96.0 Å². The highest BCUT2D eigenvalue weighted by Crippen LogP contribution is 2.37. The van der Waals surface area contributed by atoms with Gasteiger partial charge in [0.1, 0.15) is 16.5 Å². The number of nitrogens with one attached hydrogen (secondary N) is 1. The number of hydrogen-bond acceptors (Lipinski definition) is 5. The molecule has 8 nitrogen and oxygen atoms in total. The van der Waals surface area contributed by atoms with Crippen LogP contribution < -0.4 is 10.1 Å². The molecule has 1 N–H and O–H groups in total. The minimum atomic E-state index is -3.96. The van der Waals surface area contributed by atoms with E-state index in [2.05, 4.69) is 5.32 Å². The van der Waals surface area contributed by atoms with Gasteiger partial charge in [0.05, 0.1) is 16.3 Å². The van der Waals surface area contributed by atoms with Crippen LogP contribution in [0.4, 0.5) is 10.1 Å². The fraction of sp³-hybridized carbons (Fsp3) is 0.263. The van der Waals surface area contributed by atoms with Gasteiger partial charge in [0.2, 0.25) is 10.0 Å². The third kappa shape index (κ3) is 3.73. The van der Waals surface area contributed by atoms with Crippen molar-refractivity contribution in [2.45, 2.75) is 4.90 Å². The van der Waals surface area contributed by atoms with Crippen molar-refractivity contribution in [2.75, 3.05) is 38.1 Å². The smallest absolute Gasteiger partial charge is 0.262 e. The van der Waals surface area contributed by atoms with E-state index in [9.17, 15) is 22.4 Å². The standard InChI is InChI=1S/C19H17ClFN3O5S/c20-13-9-15-16(29-11-18(25)22-15)10-17(13)30(27,28)24-7-5-23(6-8-24)19(26)12-3-1-2-4-14(12)21/h1-4,9-10H,5-8,11H2,(H,22,25). The van der Waals surface area contributed by atoms with Crippen LogP contribution in [0, 0.1) is 5.82 Å². The number of halogens is 2. The van der Waals surface area contributed by atoms with Crippen LogP contribution in [-0.2, 0) is 14.8 Å². The SMILES string of the molecule is O=C1COc2cc(S(=O)(=O)N3CCN(C(=O)c4ccccc4F)CC3)c(Cl)cc2N1. The Hall–Kier alpha value is -2.69. The van der Waals surface area contributed by atoms with Crippen LogP contribution in [0.1, 0.15) is 10.4 Å². The van der Waals surface area contributed by atoms with E-state index < -0.39 is 21.7 Å². The molecule has 2 aromatic rings.